The second-order valence-corrected chi connectivity index (χ2v) is 6.23. The van der Waals surface area contributed by atoms with Gasteiger partial charge in [0.05, 0.1) is 18.2 Å². The second kappa shape index (κ2) is 8.05. The average molecular weight is 286 g/mol. The number of nitrogens with zero attached hydrogens (tertiary/aromatic N) is 2. The zero-order valence-electron chi connectivity index (χ0n) is 13.2. The van der Waals surface area contributed by atoms with Crippen LogP contribution in [0.1, 0.15) is 44.6 Å². The van der Waals surface area contributed by atoms with E-state index in [0.717, 1.165) is 37.3 Å². The van der Waals surface area contributed by atoms with Crippen LogP contribution >= 0.6 is 0 Å². The summed E-state index contributed by atoms with van der Waals surface area (Å²) in [5.41, 5.74) is 0.675. The van der Waals surface area contributed by atoms with Gasteiger partial charge in [0.1, 0.15) is 5.75 Å². The zero-order valence-corrected chi connectivity index (χ0v) is 13.2. The summed E-state index contributed by atoms with van der Waals surface area (Å²) in [6.07, 6.45) is 6.47. The van der Waals surface area contributed by atoms with Crippen LogP contribution in [0.3, 0.4) is 0 Å². The van der Waals surface area contributed by atoms with Crippen LogP contribution in [0.4, 0.5) is 0 Å². The second-order valence-electron chi connectivity index (χ2n) is 6.23. The van der Waals surface area contributed by atoms with Gasteiger partial charge in [-0.25, -0.2) is 0 Å². The van der Waals surface area contributed by atoms with E-state index < -0.39 is 0 Å². The van der Waals surface area contributed by atoms with Gasteiger partial charge in [0.15, 0.2) is 0 Å². The molecule has 1 aromatic rings. The predicted octanol–water partition coefficient (Wildman–Crippen LogP) is 3.84. The molecule has 114 valence electrons. The first-order valence-electron chi connectivity index (χ1n) is 8.02. The van der Waals surface area contributed by atoms with E-state index in [4.69, 9.17) is 10.00 Å². The first-order valence-corrected chi connectivity index (χ1v) is 8.02. The van der Waals surface area contributed by atoms with Crippen molar-refractivity contribution in [2.45, 2.75) is 45.1 Å². The average Bonchev–Trinajstić information content (AvgIpc) is 2.52. The maximum absolute atomic E-state index is 8.75. The lowest BCUT2D eigenvalue weighted by Crippen LogP contribution is -2.35. The van der Waals surface area contributed by atoms with E-state index in [0.29, 0.717) is 5.56 Å². The molecule has 0 N–H and O–H groups in total. The lowest BCUT2D eigenvalue weighted by molar-refractivity contribution is 0.159. The molecule has 2 rings (SSSR count). The molecular formula is C18H26N2O. The molecule has 0 bridgehead atoms. The van der Waals surface area contributed by atoms with Crippen molar-refractivity contribution in [1.29, 1.82) is 5.26 Å². The Labute approximate surface area is 128 Å². The fourth-order valence-electron chi connectivity index (χ4n) is 3.00. The van der Waals surface area contributed by atoms with Crippen LogP contribution in [0.5, 0.6) is 5.75 Å². The van der Waals surface area contributed by atoms with E-state index in [2.05, 4.69) is 24.9 Å². The van der Waals surface area contributed by atoms with Crippen molar-refractivity contribution in [3.8, 4) is 11.8 Å². The quantitative estimate of drug-likeness (QED) is 0.746. The number of hydrogen-bond donors (Lipinski definition) is 0. The third-order valence-corrected chi connectivity index (χ3v) is 4.52. The van der Waals surface area contributed by atoms with Crippen LogP contribution in [0.15, 0.2) is 24.3 Å². The fraction of sp³-hybridized carbons (Fsp3) is 0.611. The molecule has 0 atom stereocenters. The number of hydrogen-bond acceptors (Lipinski definition) is 3. The molecular weight excluding hydrogens is 260 g/mol. The van der Waals surface area contributed by atoms with Gasteiger partial charge in [0.25, 0.3) is 0 Å². The molecule has 0 amide bonds. The van der Waals surface area contributed by atoms with Crippen LogP contribution in [0.25, 0.3) is 0 Å². The maximum Gasteiger partial charge on any atom is 0.119 e. The van der Waals surface area contributed by atoms with Gasteiger partial charge in [-0.05, 0) is 69.3 Å². The zero-order chi connectivity index (χ0) is 15.1. The summed E-state index contributed by atoms with van der Waals surface area (Å²) in [5, 5.41) is 8.75. The summed E-state index contributed by atoms with van der Waals surface area (Å²) in [6.45, 7) is 4.19. The van der Waals surface area contributed by atoms with Crippen LogP contribution in [-0.4, -0.2) is 31.1 Å². The summed E-state index contributed by atoms with van der Waals surface area (Å²) < 4.78 is 5.72. The molecule has 21 heavy (non-hydrogen) atoms. The topological polar surface area (TPSA) is 36.3 Å². The molecule has 1 fully saturated rings. The molecule has 0 aromatic heterocycles. The van der Waals surface area contributed by atoms with Gasteiger partial charge < -0.3 is 9.64 Å². The Morgan fingerprint density at radius 2 is 1.86 bits per heavy atom. The molecule has 3 heteroatoms. The van der Waals surface area contributed by atoms with Crippen molar-refractivity contribution >= 4 is 0 Å². The van der Waals surface area contributed by atoms with Crippen LogP contribution < -0.4 is 4.74 Å². The van der Waals surface area contributed by atoms with E-state index in [1.807, 2.05) is 12.1 Å². The van der Waals surface area contributed by atoms with E-state index in [9.17, 15) is 0 Å². The first kappa shape index (κ1) is 15.9. The van der Waals surface area contributed by atoms with Crippen LogP contribution in [-0.2, 0) is 0 Å². The Bertz CT molecular complexity index is 455. The van der Waals surface area contributed by atoms with Crippen LogP contribution in [0.2, 0.25) is 0 Å². The van der Waals surface area contributed by atoms with Crippen molar-refractivity contribution < 1.29 is 4.74 Å². The molecule has 1 saturated carbocycles. The Morgan fingerprint density at radius 1 is 1.19 bits per heavy atom. The van der Waals surface area contributed by atoms with Gasteiger partial charge in [-0.15, -0.1) is 0 Å². The Balaban J connectivity index is 1.63. The Morgan fingerprint density at radius 3 is 2.48 bits per heavy atom. The third kappa shape index (κ3) is 5.06. The monoisotopic (exact) mass is 286 g/mol. The lowest BCUT2D eigenvalue weighted by atomic mass is 9.87. The highest BCUT2D eigenvalue weighted by molar-refractivity contribution is 5.34. The van der Waals surface area contributed by atoms with Gasteiger partial charge >= 0.3 is 0 Å². The smallest absolute Gasteiger partial charge is 0.119 e. The van der Waals surface area contributed by atoms with Gasteiger partial charge in [-0.3, -0.25) is 0 Å². The predicted molar refractivity (Wildman–Crippen MR) is 85.3 cm³/mol. The highest BCUT2D eigenvalue weighted by atomic mass is 16.5. The molecule has 0 aliphatic heterocycles. The minimum absolute atomic E-state index is 0.675. The SMILES string of the molecule is CC1CCC(N(C)CCCOc2ccc(C#N)cc2)CC1. The number of rotatable bonds is 6. The van der Waals surface area contributed by atoms with E-state index >= 15 is 0 Å². The molecule has 1 aliphatic carbocycles. The van der Waals surface area contributed by atoms with Crippen molar-refractivity contribution in [1.82, 2.24) is 4.90 Å². The van der Waals surface area contributed by atoms with Gasteiger partial charge in [-0.2, -0.15) is 5.26 Å². The molecule has 0 radical (unpaired) electrons. The minimum atomic E-state index is 0.675. The summed E-state index contributed by atoms with van der Waals surface area (Å²) in [7, 11) is 2.24. The number of ether oxygens (including phenoxy) is 1. The minimum Gasteiger partial charge on any atom is -0.494 e. The van der Waals surface area contributed by atoms with Crippen LogP contribution in [0, 0.1) is 17.2 Å². The van der Waals surface area contributed by atoms with E-state index in [1.165, 1.54) is 25.7 Å². The summed E-state index contributed by atoms with van der Waals surface area (Å²) >= 11 is 0. The third-order valence-electron chi connectivity index (χ3n) is 4.52. The Hall–Kier alpha value is -1.53. The highest BCUT2D eigenvalue weighted by Gasteiger charge is 2.21. The first-order chi connectivity index (χ1) is 10.2. The molecule has 0 heterocycles. The van der Waals surface area contributed by atoms with Crippen molar-refractivity contribution in [2.75, 3.05) is 20.2 Å². The molecule has 1 aromatic carbocycles. The van der Waals surface area contributed by atoms with Crippen molar-refractivity contribution in [3.05, 3.63) is 29.8 Å². The summed E-state index contributed by atoms with van der Waals surface area (Å²) in [5.74, 6) is 1.76. The lowest BCUT2D eigenvalue weighted by Gasteiger charge is -2.33. The molecule has 0 unspecified atom stereocenters. The number of benzene rings is 1. The molecule has 0 spiro atoms. The molecule has 1 aliphatic rings. The summed E-state index contributed by atoms with van der Waals surface area (Å²) in [4.78, 5) is 2.49. The Kier molecular flexibility index (Phi) is 6.07. The van der Waals surface area contributed by atoms with E-state index in [1.54, 1.807) is 12.1 Å². The largest absolute Gasteiger partial charge is 0.494 e. The fourth-order valence-corrected chi connectivity index (χ4v) is 3.00. The van der Waals surface area contributed by atoms with E-state index in [-0.39, 0.29) is 0 Å². The maximum atomic E-state index is 8.75. The standard InChI is InChI=1S/C18H26N2O/c1-15-4-8-17(9-5-15)20(2)12-3-13-21-18-10-6-16(14-19)7-11-18/h6-7,10-11,15,17H,3-5,8-9,12-13H2,1-2H3. The van der Waals surface area contributed by atoms with Crippen molar-refractivity contribution in [3.63, 3.8) is 0 Å². The van der Waals surface area contributed by atoms with Gasteiger partial charge in [-0.1, -0.05) is 6.92 Å². The van der Waals surface area contributed by atoms with Gasteiger partial charge in [0.2, 0.25) is 0 Å². The number of nitriles is 1. The molecule has 0 saturated heterocycles. The summed E-state index contributed by atoms with van der Waals surface area (Å²) in [6, 6.07) is 10.2. The van der Waals surface area contributed by atoms with Crippen molar-refractivity contribution in [2.24, 2.45) is 5.92 Å². The highest BCUT2D eigenvalue weighted by Crippen LogP contribution is 2.26. The normalized spacial score (nSPS) is 22.0. The van der Waals surface area contributed by atoms with Gasteiger partial charge in [0, 0.05) is 12.6 Å². The molecule has 3 nitrogen and oxygen atoms in total.